The fourth-order valence-corrected chi connectivity index (χ4v) is 4.17. The van der Waals surface area contributed by atoms with E-state index in [1.807, 2.05) is 47.0 Å². The molecule has 166 valence electrons. The Morgan fingerprint density at radius 1 is 1.03 bits per heavy atom. The van der Waals surface area contributed by atoms with Gasteiger partial charge in [-0.3, -0.25) is 19.5 Å². The number of nitro groups is 1. The summed E-state index contributed by atoms with van der Waals surface area (Å²) in [4.78, 5) is 23.2. The van der Waals surface area contributed by atoms with Gasteiger partial charge in [0.05, 0.1) is 16.4 Å². The number of benzene rings is 3. The van der Waals surface area contributed by atoms with Crippen LogP contribution in [0.2, 0.25) is 5.02 Å². The number of hydrogen-bond donors (Lipinski definition) is 1. The minimum Gasteiger partial charge on any atom is -0.320 e. The number of carbonyl (C=O) groups is 1. The summed E-state index contributed by atoms with van der Waals surface area (Å²) in [5.74, 6) is 0.306. The van der Waals surface area contributed by atoms with Gasteiger partial charge in [0.1, 0.15) is 11.5 Å². The number of carbonyl (C=O) groups excluding carboxylic acids is 1. The van der Waals surface area contributed by atoms with Crippen LogP contribution in [-0.2, 0) is 11.2 Å². The van der Waals surface area contributed by atoms with Gasteiger partial charge >= 0.3 is 0 Å². The molecular weight excluding hydrogens is 462 g/mol. The van der Waals surface area contributed by atoms with Gasteiger partial charge in [0.2, 0.25) is 5.91 Å². The lowest BCUT2D eigenvalue weighted by molar-refractivity contribution is -0.383. The molecule has 4 rings (SSSR count). The number of rotatable bonds is 8. The highest BCUT2D eigenvalue weighted by molar-refractivity contribution is 7.99. The predicted molar refractivity (Wildman–Crippen MR) is 128 cm³/mol. The standard InChI is InChI=1S/C23H18ClN5O3S/c24-17-9-6-10-18(14-17)28-21(13-16-7-2-1-3-8-16)26-27-23(28)33-15-22(30)25-19-11-4-5-12-20(19)29(31)32/h1-12,14H,13,15H2,(H,25,30). The number of anilines is 1. The lowest BCUT2D eigenvalue weighted by Gasteiger charge is -2.11. The van der Waals surface area contributed by atoms with Crippen LogP contribution in [0.5, 0.6) is 0 Å². The van der Waals surface area contributed by atoms with Crippen molar-refractivity contribution in [1.29, 1.82) is 0 Å². The maximum Gasteiger partial charge on any atom is 0.292 e. The lowest BCUT2D eigenvalue weighted by Crippen LogP contribution is -2.15. The van der Waals surface area contributed by atoms with Crippen LogP contribution in [0.4, 0.5) is 11.4 Å². The van der Waals surface area contributed by atoms with Crippen molar-refractivity contribution in [2.24, 2.45) is 0 Å². The summed E-state index contributed by atoms with van der Waals surface area (Å²) < 4.78 is 1.86. The summed E-state index contributed by atoms with van der Waals surface area (Å²) in [5, 5.41) is 23.5. The summed E-state index contributed by atoms with van der Waals surface area (Å²) in [6, 6.07) is 23.2. The largest absolute Gasteiger partial charge is 0.320 e. The van der Waals surface area contributed by atoms with Crippen LogP contribution in [0.3, 0.4) is 0 Å². The molecule has 1 N–H and O–H groups in total. The third kappa shape index (κ3) is 5.57. The summed E-state index contributed by atoms with van der Waals surface area (Å²) in [7, 11) is 0. The molecule has 8 nitrogen and oxygen atoms in total. The zero-order valence-electron chi connectivity index (χ0n) is 17.2. The Morgan fingerprint density at radius 2 is 1.79 bits per heavy atom. The molecule has 4 aromatic rings. The first-order valence-corrected chi connectivity index (χ1v) is 11.3. The van der Waals surface area contributed by atoms with E-state index in [9.17, 15) is 14.9 Å². The molecule has 0 saturated heterocycles. The first kappa shape index (κ1) is 22.5. The summed E-state index contributed by atoms with van der Waals surface area (Å²) >= 11 is 7.39. The van der Waals surface area contributed by atoms with E-state index in [4.69, 9.17) is 11.6 Å². The van der Waals surface area contributed by atoms with Crippen LogP contribution < -0.4 is 5.32 Å². The van der Waals surface area contributed by atoms with Gasteiger partial charge < -0.3 is 5.32 Å². The Labute approximate surface area is 198 Å². The number of aromatic nitrogens is 3. The first-order chi connectivity index (χ1) is 16.0. The summed E-state index contributed by atoms with van der Waals surface area (Å²) in [6.45, 7) is 0. The average molecular weight is 480 g/mol. The van der Waals surface area contributed by atoms with Crippen LogP contribution >= 0.6 is 23.4 Å². The SMILES string of the molecule is O=C(CSc1nnc(Cc2ccccc2)n1-c1cccc(Cl)c1)Nc1ccccc1[N+](=O)[O-]. The van der Waals surface area contributed by atoms with Crippen molar-refractivity contribution >= 4 is 40.6 Å². The van der Waals surface area contributed by atoms with Crippen molar-refractivity contribution in [2.75, 3.05) is 11.1 Å². The highest BCUT2D eigenvalue weighted by Crippen LogP contribution is 2.27. The number of halogens is 1. The number of amides is 1. The summed E-state index contributed by atoms with van der Waals surface area (Å²) in [6.07, 6.45) is 0.545. The van der Waals surface area contributed by atoms with Gasteiger partial charge in [0, 0.05) is 17.5 Å². The molecular formula is C23H18ClN5O3S. The third-order valence-corrected chi connectivity index (χ3v) is 5.84. The Hall–Kier alpha value is -3.69. The number of nitrogens with zero attached hydrogens (tertiary/aromatic N) is 4. The van der Waals surface area contributed by atoms with E-state index >= 15 is 0 Å². The van der Waals surface area contributed by atoms with Crippen LogP contribution in [0, 0.1) is 10.1 Å². The fraction of sp³-hybridized carbons (Fsp3) is 0.0870. The molecule has 0 saturated carbocycles. The van der Waals surface area contributed by atoms with Crippen LogP contribution in [-0.4, -0.2) is 31.3 Å². The third-order valence-electron chi connectivity index (χ3n) is 4.68. The molecule has 1 amide bonds. The maximum absolute atomic E-state index is 12.5. The fourth-order valence-electron chi connectivity index (χ4n) is 3.22. The second kappa shape index (κ2) is 10.3. The maximum atomic E-state index is 12.5. The molecule has 0 aliphatic carbocycles. The molecule has 33 heavy (non-hydrogen) atoms. The van der Waals surface area contributed by atoms with Gasteiger partial charge in [-0.15, -0.1) is 10.2 Å². The van der Waals surface area contributed by atoms with Crippen molar-refractivity contribution < 1.29 is 9.72 Å². The van der Waals surface area contributed by atoms with Gasteiger partial charge in [-0.1, -0.05) is 71.9 Å². The average Bonchev–Trinajstić information content (AvgIpc) is 3.21. The molecule has 1 heterocycles. The molecule has 1 aromatic heterocycles. The number of para-hydroxylation sites is 2. The first-order valence-electron chi connectivity index (χ1n) is 9.91. The molecule has 0 atom stereocenters. The van der Waals surface area contributed by atoms with Crippen LogP contribution in [0.1, 0.15) is 11.4 Å². The molecule has 0 unspecified atom stereocenters. The molecule has 0 fully saturated rings. The van der Waals surface area contributed by atoms with Crippen molar-refractivity contribution in [2.45, 2.75) is 11.6 Å². The normalized spacial score (nSPS) is 10.7. The monoisotopic (exact) mass is 479 g/mol. The number of hydrogen-bond acceptors (Lipinski definition) is 6. The molecule has 10 heteroatoms. The zero-order chi connectivity index (χ0) is 23.2. The van der Waals surface area contributed by atoms with E-state index in [1.165, 1.54) is 23.9 Å². The number of nitrogens with one attached hydrogen (secondary N) is 1. The topological polar surface area (TPSA) is 103 Å². The Bertz CT molecular complexity index is 1300. The van der Waals surface area contributed by atoms with Crippen LogP contribution in [0.25, 0.3) is 5.69 Å². The Balaban J connectivity index is 1.56. The molecule has 0 aliphatic heterocycles. The molecule has 0 radical (unpaired) electrons. The van der Waals surface area contributed by atoms with E-state index in [2.05, 4.69) is 15.5 Å². The molecule has 3 aromatic carbocycles. The van der Waals surface area contributed by atoms with E-state index in [0.29, 0.717) is 22.4 Å². The van der Waals surface area contributed by atoms with E-state index in [0.717, 1.165) is 11.3 Å². The molecule has 0 spiro atoms. The number of nitro benzene ring substituents is 1. The smallest absolute Gasteiger partial charge is 0.292 e. The molecule has 0 aliphatic rings. The lowest BCUT2D eigenvalue weighted by atomic mass is 10.1. The van der Waals surface area contributed by atoms with Gasteiger partial charge in [-0.25, -0.2) is 0 Å². The minimum absolute atomic E-state index is 0.00388. The van der Waals surface area contributed by atoms with Gasteiger partial charge in [-0.05, 0) is 29.8 Å². The van der Waals surface area contributed by atoms with Crippen molar-refractivity contribution in [3.8, 4) is 5.69 Å². The predicted octanol–water partition coefficient (Wildman–Crippen LogP) is 5.15. The molecule has 0 bridgehead atoms. The van der Waals surface area contributed by atoms with E-state index < -0.39 is 4.92 Å². The Kier molecular flexibility index (Phi) is 7.01. The Morgan fingerprint density at radius 3 is 2.55 bits per heavy atom. The quantitative estimate of drug-likeness (QED) is 0.213. The van der Waals surface area contributed by atoms with Gasteiger partial charge in [0.25, 0.3) is 5.69 Å². The van der Waals surface area contributed by atoms with Crippen molar-refractivity contribution in [1.82, 2.24) is 14.8 Å². The van der Waals surface area contributed by atoms with Crippen molar-refractivity contribution in [3.63, 3.8) is 0 Å². The van der Waals surface area contributed by atoms with Gasteiger partial charge in [-0.2, -0.15) is 0 Å². The van der Waals surface area contributed by atoms with E-state index in [-0.39, 0.29) is 23.0 Å². The highest BCUT2D eigenvalue weighted by atomic mass is 35.5. The minimum atomic E-state index is -0.533. The highest BCUT2D eigenvalue weighted by Gasteiger charge is 2.18. The second-order valence-electron chi connectivity index (χ2n) is 6.99. The van der Waals surface area contributed by atoms with E-state index in [1.54, 1.807) is 24.3 Å². The van der Waals surface area contributed by atoms with Gasteiger partial charge in [0.15, 0.2) is 5.16 Å². The number of thioether (sulfide) groups is 1. The second-order valence-corrected chi connectivity index (χ2v) is 8.37. The van der Waals surface area contributed by atoms with Crippen LogP contribution in [0.15, 0.2) is 84.0 Å². The zero-order valence-corrected chi connectivity index (χ0v) is 18.8. The van der Waals surface area contributed by atoms with Crippen molar-refractivity contribution in [3.05, 3.63) is 105 Å². The summed E-state index contributed by atoms with van der Waals surface area (Å²) in [5.41, 5.74) is 1.83.